The van der Waals surface area contributed by atoms with Crippen molar-refractivity contribution in [3.05, 3.63) is 65.9 Å². The third kappa shape index (κ3) is 3.23. The van der Waals surface area contributed by atoms with Crippen LogP contribution in [-0.2, 0) is 16.1 Å². The van der Waals surface area contributed by atoms with Crippen molar-refractivity contribution in [1.29, 1.82) is 0 Å². The van der Waals surface area contributed by atoms with Crippen molar-refractivity contribution < 1.29 is 9.59 Å². The minimum Gasteiger partial charge on any atom is -0.342 e. The minimum absolute atomic E-state index is 0.0118. The van der Waals surface area contributed by atoms with Gasteiger partial charge in [0.05, 0.1) is 5.69 Å². The van der Waals surface area contributed by atoms with Crippen molar-refractivity contribution in [2.45, 2.75) is 20.4 Å². The molecule has 0 spiro atoms. The van der Waals surface area contributed by atoms with Gasteiger partial charge in [-0.25, -0.2) is 0 Å². The number of benzene rings is 2. The highest BCUT2D eigenvalue weighted by molar-refractivity contribution is 6.36. The summed E-state index contributed by atoms with van der Waals surface area (Å²) >= 11 is 0. The van der Waals surface area contributed by atoms with Crippen LogP contribution in [0.4, 0.5) is 5.69 Å². The molecule has 0 saturated heterocycles. The van der Waals surface area contributed by atoms with Gasteiger partial charge in [0.25, 0.3) is 5.91 Å². The fraction of sp³-hybridized carbons (Fsp3) is 0.250. The third-order valence-corrected chi connectivity index (χ3v) is 5.63. The van der Waals surface area contributed by atoms with Crippen molar-refractivity contribution in [1.82, 2.24) is 9.47 Å². The number of anilines is 1. The second-order valence-electron chi connectivity index (χ2n) is 7.23. The molecule has 3 aromatic rings. The molecule has 4 rings (SSSR count). The zero-order valence-corrected chi connectivity index (χ0v) is 17.1. The Balaban J connectivity index is 1.79. The molecule has 1 aliphatic heterocycles. The highest BCUT2D eigenvalue weighted by atomic mass is 16.2. The fourth-order valence-corrected chi connectivity index (χ4v) is 4.04. The van der Waals surface area contributed by atoms with Crippen LogP contribution in [0.15, 0.2) is 54.7 Å². The maximum Gasteiger partial charge on any atom is 0.258 e. The Bertz CT molecular complexity index is 1120. The molecule has 0 aliphatic carbocycles. The van der Waals surface area contributed by atoms with Gasteiger partial charge in [-0.05, 0) is 32.1 Å². The molecule has 2 heterocycles. The number of likely N-dealkylation sites (N-methyl/N-ethyl adjacent to an activating group) is 2. The Labute approximate surface area is 170 Å². The minimum atomic E-state index is -0.0118. The molecule has 0 atom stereocenters. The van der Waals surface area contributed by atoms with Crippen LogP contribution >= 0.6 is 0 Å². The largest absolute Gasteiger partial charge is 0.342 e. The van der Waals surface area contributed by atoms with Crippen LogP contribution in [0, 0.1) is 0 Å². The summed E-state index contributed by atoms with van der Waals surface area (Å²) in [7, 11) is 1.80. The maximum absolute atomic E-state index is 12.8. The van der Waals surface area contributed by atoms with Gasteiger partial charge < -0.3 is 14.4 Å². The van der Waals surface area contributed by atoms with Gasteiger partial charge in [0.1, 0.15) is 6.54 Å². The number of hydrogen-bond acceptors (Lipinski definition) is 2. The monoisotopic (exact) mass is 387 g/mol. The zero-order chi connectivity index (χ0) is 20.5. The molecule has 0 saturated carbocycles. The number of rotatable bonds is 5. The van der Waals surface area contributed by atoms with E-state index < -0.39 is 0 Å². The quantitative estimate of drug-likeness (QED) is 0.621. The molecule has 2 aromatic carbocycles. The van der Waals surface area contributed by atoms with E-state index in [2.05, 4.69) is 0 Å². The smallest absolute Gasteiger partial charge is 0.258 e. The van der Waals surface area contributed by atoms with Gasteiger partial charge in [0.15, 0.2) is 0 Å². The molecule has 5 nitrogen and oxygen atoms in total. The highest BCUT2D eigenvalue weighted by Crippen LogP contribution is 2.37. The Morgan fingerprint density at radius 2 is 1.72 bits per heavy atom. The lowest BCUT2D eigenvalue weighted by atomic mass is 10.0. The van der Waals surface area contributed by atoms with Crippen molar-refractivity contribution in [3.63, 3.8) is 0 Å². The van der Waals surface area contributed by atoms with Gasteiger partial charge in [-0.15, -0.1) is 0 Å². The predicted octanol–water partition coefficient (Wildman–Crippen LogP) is 4.03. The molecule has 1 aliphatic rings. The van der Waals surface area contributed by atoms with Gasteiger partial charge in [0.2, 0.25) is 5.91 Å². The Kier molecular flexibility index (Phi) is 4.97. The van der Waals surface area contributed by atoms with E-state index in [0.717, 1.165) is 27.7 Å². The number of aromatic nitrogens is 1. The highest BCUT2D eigenvalue weighted by Gasteiger charge is 2.29. The van der Waals surface area contributed by atoms with E-state index in [4.69, 9.17) is 0 Å². The summed E-state index contributed by atoms with van der Waals surface area (Å²) in [5.74, 6) is 0.0826. The summed E-state index contributed by atoms with van der Waals surface area (Å²) in [4.78, 5) is 29.0. The molecule has 0 unspecified atom stereocenters. The van der Waals surface area contributed by atoms with Crippen LogP contribution in [0.1, 0.15) is 25.0 Å². The van der Waals surface area contributed by atoms with E-state index in [0.29, 0.717) is 18.7 Å². The Morgan fingerprint density at radius 1 is 1.03 bits per heavy atom. The molecular formula is C24H25N3O2. The lowest BCUT2D eigenvalue weighted by molar-refractivity contribution is -0.131. The molecular weight excluding hydrogens is 362 g/mol. The fourth-order valence-electron chi connectivity index (χ4n) is 4.04. The average Bonchev–Trinajstić information content (AvgIpc) is 3.20. The molecule has 2 amide bonds. The summed E-state index contributed by atoms with van der Waals surface area (Å²) in [6, 6.07) is 15.8. The molecule has 148 valence electrons. The van der Waals surface area contributed by atoms with Crippen LogP contribution in [0.3, 0.4) is 0 Å². The lowest BCUT2D eigenvalue weighted by Gasteiger charge is -2.19. The zero-order valence-electron chi connectivity index (χ0n) is 17.1. The normalized spacial score (nSPS) is 14.7. The number of nitrogens with zero attached hydrogens (tertiary/aromatic N) is 3. The van der Waals surface area contributed by atoms with Crippen molar-refractivity contribution in [3.8, 4) is 0 Å². The lowest BCUT2D eigenvalue weighted by Crippen LogP contribution is -2.33. The molecule has 0 radical (unpaired) electrons. The van der Waals surface area contributed by atoms with Gasteiger partial charge >= 0.3 is 0 Å². The van der Waals surface area contributed by atoms with Crippen molar-refractivity contribution in [2.75, 3.05) is 25.0 Å². The molecule has 0 fully saturated rings. The van der Waals surface area contributed by atoms with Crippen LogP contribution in [-0.4, -0.2) is 41.4 Å². The summed E-state index contributed by atoms with van der Waals surface area (Å²) < 4.78 is 1.98. The molecule has 5 heteroatoms. The summed E-state index contributed by atoms with van der Waals surface area (Å²) in [6.07, 6.45) is 3.93. The number of carbonyl (C=O) groups excluding carboxylic acids is 2. The van der Waals surface area contributed by atoms with E-state index in [-0.39, 0.29) is 18.4 Å². The first-order valence-corrected chi connectivity index (χ1v) is 10.00. The SMILES string of the molecule is CCN(CC)C(=O)Cn1cc(/C=C2/C(=O)N(C)c3ccccc32)c2ccccc21. The number of carbonyl (C=O) groups is 2. The van der Waals surface area contributed by atoms with Gasteiger partial charge in [-0.2, -0.15) is 0 Å². The number of hydrogen-bond donors (Lipinski definition) is 0. The van der Waals surface area contributed by atoms with Gasteiger partial charge in [-0.1, -0.05) is 36.4 Å². The van der Waals surface area contributed by atoms with Crippen LogP contribution in [0.25, 0.3) is 22.6 Å². The summed E-state index contributed by atoms with van der Waals surface area (Å²) in [5.41, 5.74) is 4.48. The van der Waals surface area contributed by atoms with E-state index in [1.807, 2.05) is 84.1 Å². The molecule has 0 bridgehead atoms. The van der Waals surface area contributed by atoms with E-state index in [1.165, 1.54) is 0 Å². The number of fused-ring (bicyclic) bond motifs is 2. The van der Waals surface area contributed by atoms with Crippen LogP contribution in [0.2, 0.25) is 0 Å². The van der Waals surface area contributed by atoms with Crippen LogP contribution < -0.4 is 4.90 Å². The third-order valence-electron chi connectivity index (χ3n) is 5.63. The Morgan fingerprint density at radius 3 is 2.48 bits per heavy atom. The van der Waals surface area contributed by atoms with Crippen LogP contribution in [0.5, 0.6) is 0 Å². The topological polar surface area (TPSA) is 45.6 Å². The van der Waals surface area contributed by atoms with Crippen molar-refractivity contribution in [2.24, 2.45) is 0 Å². The van der Waals surface area contributed by atoms with E-state index in [1.54, 1.807) is 11.9 Å². The average molecular weight is 387 g/mol. The standard InChI is InChI=1S/C24H25N3O2/c1-4-26(5-2)23(28)16-27-15-17(18-10-6-9-13-22(18)27)14-20-19-11-7-8-12-21(19)25(3)24(20)29/h6-15H,4-5,16H2,1-3H3/b20-14+. The molecule has 1 aromatic heterocycles. The predicted molar refractivity (Wildman–Crippen MR) is 118 cm³/mol. The first-order chi connectivity index (χ1) is 14.0. The summed E-state index contributed by atoms with van der Waals surface area (Å²) in [6.45, 7) is 5.66. The summed E-state index contributed by atoms with van der Waals surface area (Å²) in [5, 5.41) is 1.03. The van der Waals surface area contributed by atoms with Gasteiger partial charge in [-0.3, -0.25) is 9.59 Å². The second-order valence-corrected chi connectivity index (χ2v) is 7.23. The number of amides is 2. The Hall–Kier alpha value is -3.34. The second kappa shape index (κ2) is 7.59. The molecule has 29 heavy (non-hydrogen) atoms. The van der Waals surface area contributed by atoms with Gasteiger partial charge in [0, 0.05) is 53.9 Å². The molecule has 0 N–H and O–H groups in total. The maximum atomic E-state index is 12.8. The first kappa shape index (κ1) is 19.0. The van der Waals surface area contributed by atoms with E-state index >= 15 is 0 Å². The first-order valence-electron chi connectivity index (χ1n) is 10.00. The van der Waals surface area contributed by atoms with E-state index in [9.17, 15) is 9.59 Å². The van der Waals surface area contributed by atoms with Crippen molar-refractivity contribution >= 4 is 40.1 Å². The number of para-hydroxylation sites is 2.